The van der Waals surface area contributed by atoms with Crippen molar-refractivity contribution in [3.63, 3.8) is 0 Å². The molecule has 0 aromatic heterocycles. The highest BCUT2D eigenvalue weighted by Gasteiger charge is 2.31. The summed E-state index contributed by atoms with van der Waals surface area (Å²) in [5.41, 5.74) is 0. The molecule has 0 saturated heterocycles. The lowest BCUT2D eigenvalue weighted by atomic mass is 10.2. The number of carboxylic acid groups (broad SMARTS) is 1. The zero-order valence-corrected chi connectivity index (χ0v) is 7.37. The third-order valence-electron chi connectivity index (χ3n) is 0.877. The van der Waals surface area contributed by atoms with E-state index in [4.69, 9.17) is 16.7 Å². The van der Waals surface area contributed by atoms with Gasteiger partial charge in [-0.05, 0) is 6.42 Å². The van der Waals surface area contributed by atoms with E-state index in [1.165, 1.54) is 0 Å². The molecular formula is C5H8BrClO2. The van der Waals surface area contributed by atoms with Crippen LogP contribution in [0.25, 0.3) is 0 Å². The van der Waals surface area contributed by atoms with E-state index in [0.29, 0.717) is 6.42 Å². The van der Waals surface area contributed by atoms with E-state index in [9.17, 15) is 4.79 Å². The van der Waals surface area contributed by atoms with Crippen LogP contribution in [0.2, 0.25) is 0 Å². The van der Waals surface area contributed by atoms with Gasteiger partial charge >= 0.3 is 5.97 Å². The molecule has 0 rings (SSSR count). The molecule has 54 valence electrons. The highest BCUT2D eigenvalue weighted by atomic mass is 79.9. The summed E-state index contributed by atoms with van der Waals surface area (Å²) >= 11 is 8.36. The maximum Gasteiger partial charge on any atom is 0.335 e. The lowest BCUT2D eigenvalue weighted by molar-refractivity contribution is -0.137. The van der Waals surface area contributed by atoms with Crippen LogP contribution in [0.1, 0.15) is 19.8 Å². The van der Waals surface area contributed by atoms with Gasteiger partial charge in [-0.1, -0.05) is 40.9 Å². The standard InChI is InChI=1S/C5H8BrClO2/c1-2-3-5(6,7)4(8)9/h2-3H2,1H3,(H,8,9). The van der Waals surface area contributed by atoms with Crippen molar-refractivity contribution in [1.29, 1.82) is 0 Å². The SMILES string of the molecule is CCCC(Cl)(Br)C(=O)O. The predicted molar refractivity (Wildman–Crippen MR) is 40.1 cm³/mol. The molecule has 0 spiro atoms. The van der Waals surface area contributed by atoms with Crippen molar-refractivity contribution < 1.29 is 9.90 Å². The van der Waals surface area contributed by atoms with E-state index in [1.54, 1.807) is 0 Å². The summed E-state index contributed by atoms with van der Waals surface area (Å²) in [5, 5.41) is 8.39. The van der Waals surface area contributed by atoms with Crippen LogP contribution in [0.15, 0.2) is 0 Å². The van der Waals surface area contributed by atoms with Crippen LogP contribution in [0.5, 0.6) is 0 Å². The quantitative estimate of drug-likeness (QED) is 0.733. The van der Waals surface area contributed by atoms with Gasteiger partial charge in [0, 0.05) is 0 Å². The Morgan fingerprint density at radius 2 is 2.33 bits per heavy atom. The van der Waals surface area contributed by atoms with Crippen molar-refractivity contribution >= 4 is 33.5 Å². The largest absolute Gasteiger partial charge is 0.479 e. The van der Waals surface area contributed by atoms with Crippen LogP contribution in [-0.2, 0) is 4.79 Å². The van der Waals surface area contributed by atoms with E-state index >= 15 is 0 Å². The first kappa shape index (κ1) is 9.24. The highest BCUT2D eigenvalue weighted by molar-refractivity contribution is 9.10. The first-order valence-corrected chi connectivity index (χ1v) is 3.79. The molecule has 0 fully saturated rings. The molecule has 1 N–H and O–H groups in total. The fourth-order valence-electron chi connectivity index (χ4n) is 0.421. The molecule has 0 bridgehead atoms. The van der Waals surface area contributed by atoms with Gasteiger partial charge in [0.05, 0.1) is 0 Å². The summed E-state index contributed by atoms with van der Waals surface area (Å²) in [6.45, 7) is 1.88. The molecule has 0 aliphatic rings. The predicted octanol–water partition coefficient (Wildman–Crippen LogP) is 2.20. The lowest BCUT2D eigenvalue weighted by Crippen LogP contribution is -2.24. The second kappa shape index (κ2) is 3.42. The number of hydrogen-bond acceptors (Lipinski definition) is 1. The molecule has 0 aromatic rings. The normalized spacial score (nSPS) is 16.8. The summed E-state index contributed by atoms with van der Waals surface area (Å²) in [4.78, 5) is 10.2. The van der Waals surface area contributed by atoms with Gasteiger partial charge in [-0.15, -0.1) is 0 Å². The fraction of sp³-hybridized carbons (Fsp3) is 0.800. The van der Waals surface area contributed by atoms with Gasteiger partial charge in [0.2, 0.25) is 0 Å². The highest BCUT2D eigenvalue weighted by Crippen LogP contribution is 2.28. The molecule has 0 amide bonds. The van der Waals surface area contributed by atoms with Crippen molar-refractivity contribution in [2.24, 2.45) is 0 Å². The van der Waals surface area contributed by atoms with E-state index < -0.39 is 9.75 Å². The van der Waals surface area contributed by atoms with E-state index in [2.05, 4.69) is 15.9 Å². The Labute approximate surface area is 67.3 Å². The second-order valence-corrected chi connectivity index (χ2v) is 4.22. The molecule has 0 radical (unpaired) electrons. The first-order valence-electron chi connectivity index (χ1n) is 2.62. The topological polar surface area (TPSA) is 37.3 Å². The van der Waals surface area contributed by atoms with Crippen molar-refractivity contribution in [2.45, 2.75) is 23.5 Å². The third kappa shape index (κ3) is 3.06. The number of carbonyl (C=O) groups is 1. The molecule has 0 aliphatic heterocycles. The maximum atomic E-state index is 10.2. The van der Waals surface area contributed by atoms with Crippen LogP contribution < -0.4 is 0 Å². The van der Waals surface area contributed by atoms with Crippen LogP contribution in [0.4, 0.5) is 0 Å². The van der Waals surface area contributed by atoms with E-state index in [-0.39, 0.29) is 0 Å². The summed E-state index contributed by atoms with van der Waals surface area (Å²) in [6.07, 6.45) is 1.19. The van der Waals surface area contributed by atoms with Crippen molar-refractivity contribution in [3.05, 3.63) is 0 Å². The Kier molecular flexibility index (Phi) is 3.51. The van der Waals surface area contributed by atoms with Gasteiger partial charge in [0.1, 0.15) is 0 Å². The molecule has 0 aliphatic carbocycles. The van der Waals surface area contributed by atoms with Crippen molar-refractivity contribution in [1.82, 2.24) is 0 Å². The van der Waals surface area contributed by atoms with Crippen LogP contribution in [-0.4, -0.2) is 14.9 Å². The maximum absolute atomic E-state index is 10.2. The molecule has 0 aromatic carbocycles. The lowest BCUT2D eigenvalue weighted by Gasteiger charge is -2.11. The average molecular weight is 215 g/mol. The molecule has 0 heterocycles. The minimum absolute atomic E-state index is 0.434. The molecule has 9 heavy (non-hydrogen) atoms. The summed E-state index contributed by atoms with van der Waals surface area (Å²) < 4.78 is -1.25. The van der Waals surface area contributed by atoms with Crippen molar-refractivity contribution in [3.8, 4) is 0 Å². The van der Waals surface area contributed by atoms with Crippen LogP contribution in [0.3, 0.4) is 0 Å². The monoisotopic (exact) mass is 214 g/mol. The smallest absolute Gasteiger partial charge is 0.335 e. The van der Waals surface area contributed by atoms with Crippen LogP contribution in [0, 0.1) is 0 Å². The second-order valence-electron chi connectivity index (χ2n) is 1.76. The summed E-state index contributed by atoms with van der Waals surface area (Å²) in [6, 6.07) is 0. The number of alkyl halides is 2. The number of aliphatic carboxylic acids is 1. The molecule has 1 atom stereocenters. The Morgan fingerprint density at radius 1 is 1.89 bits per heavy atom. The summed E-state index contributed by atoms with van der Waals surface area (Å²) in [7, 11) is 0. The molecule has 4 heteroatoms. The Hall–Kier alpha value is 0.240. The number of hydrogen-bond donors (Lipinski definition) is 1. The van der Waals surface area contributed by atoms with Gasteiger partial charge in [0.15, 0.2) is 3.78 Å². The van der Waals surface area contributed by atoms with Crippen molar-refractivity contribution in [2.75, 3.05) is 0 Å². The molecule has 1 unspecified atom stereocenters. The summed E-state index contributed by atoms with van der Waals surface area (Å²) in [5.74, 6) is -1.02. The zero-order valence-electron chi connectivity index (χ0n) is 5.03. The minimum Gasteiger partial charge on any atom is -0.479 e. The molecule has 2 nitrogen and oxygen atoms in total. The fourth-order valence-corrected chi connectivity index (χ4v) is 1.01. The van der Waals surface area contributed by atoms with Gasteiger partial charge in [-0.25, -0.2) is 4.79 Å². The minimum atomic E-state index is -1.25. The molecular weight excluding hydrogens is 207 g/mol. The Balaban J connectivity index is 3.85. The third-order valence-corrected chi connectivity index (χ3v) is 1.96. The number of carboxylic acids is 1. The average Bonchev–Trinajstić information content (AvgIpc) is 1.65. The zero-order chi connectivity index (χ0) is 7.49. The Morgan fingerprint density at radius 3 is 2.44 bits per heavy atom. The van der Waals surface area contributed by atoms with E-state index in [0.717, 1.165) is 6.42 Å². The Bertz CT molecular complexity index is 114. The van der Waals surface area contributed by atoms with Gasteiger partial charge in [-0.2, -0.15) is 0 Å². The number of rotatable bonds is 3. The molecule has 0 saturated carbocycles. The first-order chi connectivity index (χ1) is 4.00. The van der Waals surface area contributed by atoms with Gasteiger partial charge < -0.3 is 5.11 Å². The van der Waals surface area contributed by atoms with Crippen LogP contribution >= 0.6 is 27.5 Å². The van der Waals surface area contributed by atoms with Gasteiger partial charge in [0.25, 0.3) is 0 Å². The van der Waals surface area contributed by atoms with Gasteiger partial charge in [-0.3, -0.25) is 0 Å². The number of halogens is 2. The van der Waals surface area contributed by atoms with E-state index in [1.807, 2.05) is 6.92 Å².